The van der Waals surface area contributed by atoms with Crippen molar-refractivity contribution in [3.8, 4) is 0 Å². The molecule has 0 fully saturated rings. The van der Waals surface area contributed by atoms with E-state index in [0.29, 0.717) is 11.3 Å². The Hall–Kier alpha value is -1.50. The first kappa shape index (κ1) is 10.6. The fraction of sp³-hybridized carbons (Fsp3) is 0.286. The smallest absolute Gasteiger partial charge is 0.325 e. The third kappa shape index (κ3) is 2.49. The highest BCUT2D eigenvalue weighted by Gasteiger charge is 2.06. The van der Waals surface area contributed by atoms with Crippen molar-refractivity contribution >= 4 is 16.9 Å². The van der Waals surface area contributed by atoms with Crippen molar-refractivity contribution in [3.05, 3.63) is 32.1 Å². The van der Waals surface area contributed by atoms with Gasteiger partial charge in [-0.25, -0.2) is 4.79 Å². The van der Waals surface area contributed by atoms with E-state index in [0.717, 1.165) is 11.8 Å². The van der Waals surface area contributed by atoms with E-state index in [1.165, 1.54) is 0 Å². The molecule has 0 bridgehead atoms. The van der Waals surface area contributed by atoms with Gasteiger partial charge >= 0.3 is 5.69 Å². The number of hydrogen-bond donors (Lipinski definition) is 4. The van der Waals surface area contributed by atoms with Crippen LogP contribution in [0.3, 0.4) is 0 Å². The second kappa shape index (κ2) is 4.14. The highest BCUT2D eigenvalue weighted by Crippen LogP contribution is 2.08. The zero-order valence-electron chi connectivity index (χ0n) is 7.51. The summed E-state index contributed by atoms with van der Waals surface area (Å²) in [6.45, 7) is 1.63. The normalized spacial score (nSPS) is 10.1. The SMILES string of the molecule is Cc1[nH]c(=O)[nH]c(=O)c1CSC(=N)N. The first-order chi connectivity index (χ1) is 6.50. The number of amidine groups is 1. The third-order valence-corrected chi connectivity index (χ3v) is 2.37. The lowest BCUT2D eigenvalue weighted by atomic mass is 10.3. The van der Waals surface area contributed by atoms with Gasteiger partial charge < -0.3 is 10.7 Å². The molecule has 76 valence electrons. The van der Waals surface area contributed by atoms with Crippen LogP contribution in [0.5, 0.6) is 0 Å². The van der Waals surface area contributed by atoms with Gasteiger partial charge in [0.1, 0.15) is 0 Å². The van der Waals surface area contributed by atoms with Crippen LogP contribution in [0, 0.1) is 12.3 Å². The number of hydrogen-bond acceptors (Lipinski definition) is 4. The Morgan fingerprint density at radius 2 is 2.14 bits per heavy atom. The minimum atomic E-state index is -0.524. The Balaban J connectivity index is 3.03. The van der Waals surface area contributed by atoms with Gasteiger partial charge in [-0.1, -0.05) is 11.8 Å². The molecule has 0 spiro atoms. The lowest BCUT2D eigenvalue weighted by molar-refractivity contribution is 0.958. The van der Waals surface area contributed by atoms with Crippen LogP contribution in [0.2, 0.25) is 0 Å². The van der Waals surface area contributed by atoms with Gasteiger partial charge in [0, 0.05) is 17.0 Å². The highest BCUT2D eigenvalue weighted by molar-refractivity contribution is 8.13. The van der Waals surface area contributed by atoms with E-state index in [2.05, 4.69) is 9.97 Å². The second-order valence-electron chi connectivity index (χ2n) is 2.66. The number of nitrogens with two attached hydrogens (primary N) is 1. The molecule has 6 nitrogen and oxygen atoms in total. The monoisotopic (exact) mass is 214 g/mol. The summed E-state index contributed by atoms with van der Waals surface area (Å²) in [4.78, 5) is 26.7. The quantitative estimate of drug-likeness (QED) is 0.392. The molecule has 0 aromatic carbocycles. The van der Waals surface area contributed by atoms with E-state index < -0.39 is 11.2 Å². The maximum absolute atomic E-state index is 11.3. The van der Waals surface area contributed by atoms with Gasteiger partial charge in [-0.3, -0.25) is 15.2 Å². The molecule has 0 aliphatic heterocycles. The summed E-state index contributed by atoms with van der Waals surface area (Å²) in [5, 5.41) is 6.92. The largest absolute Gasteiger partial charge is 0.379 e. The molecule has 0 atom stereocenters. The van der Waals surface area contributed by atoms with Crippen molar-refractivity contribution in [1.82, 2.24) is 9.97 Å². The summed E-state index contributed by atoms with van der Waals surface area (Å²) in [7, 11) is 0. The van der Waals surface area contributed by atoms with Crippen molar-refractivity contribution < 1.29 is 0 Å². The average molecular weight is 214 g/mol. The zero-order chi connectivity index (χ0) is 10.7. The summed E-state index contributed by atoms with van der Waals surface area (Å²) in [5.41, 5.74) is 5.12. The highest BCUT2D eigenvalue weighted by atomic mass is 32.2. The number of aryl methyl sites for hydroxylation is 1. The molecule has 1 rings (SSSR count). The summed E-state index contributed by atoms with van der Waals surface area (Å²) in [6.07, 6.45) is 0. The van der Waals surface area contributed by atoms with Crippen LogP contribution < -0.4 is 17.0 Å². The van der Waals surface area contributed by atoms with Crippen molar-refractivity contribution in [2.45, 2.75) is 12.7 Å². The van der Waals surface area contributed by atoms with Crippen molar-refractivity contribution in [3.63, 3.8) is 0 Å². The Morgan fingerprint density at radius 1 is 1.50 bits per heavy atom. The zero-order valence-corrected chi connectivity index (χ0v) is 8.33. The van der Waals surface area contributed by atoms with Gasteiger partial charge in [-0.15, -0.1) is 0 Å². The molecule has 0 aliphatic rings. The molecule has 0 radical (unpaired) electrons. The predicted octanol–water partition coefficient (Wildman–Crippen LogP) is -0.502. The van der Waals surface area contributed by atoms with E-state index >= 15 is 0 Å². The van der Waals surface area contributed by atoms with Crippen LogP contribution >= 0.6 is 11.8 Å². The summed E-state index contributed by atoms with van der Waals surface area (Å²) in [5.74, 6) is 0.285. The Morgan fingerprint density at radius 3 is 2.64 bits per heavy atom. The van der Waals surface area contributed by atoms with E-state index in [9.17, 15) is 9.59 Å². The van der Waals surface area contributed by atoms with Gasteiger partial charge in [0.2, 0.25) is 0 Å². The molecule has 1 aromatic rings. The van der Waals surface area contributed by atoms with Crippen LogP contribution in [0.25, 0.3) is 0 Å². The molecule has 5 N–H and O–H groups in total. The summed E-state index contributed by atoms with van der Waals surface area (Å²) < 4.78 is 0. The van der Waals surface area contributed by atoms with E-state index in [1.54, 1.807) is 6.92 Å². The lowest BCUT2D eigenvalue weighted by Gasteiger charge is -2.01. The Bertz CT molecular complexity index is 461. The van der Waals surface area contributed by atoms with Crippen molar-refractivity contribution in [2.75, 3.05) is 0 Å². The van der Waals surface area contributed by atoms with Crippen LogP contribution in [-0.4, -0.2) is 15.1 Å². The maximum Gasteiger partial charge on any atom is 0.325 e. The van der Waals surface area contributed by atoms with Crippen LogP contribution in [0.15, 0.2) is 9.59 Å². The van der Waals surface area contributed by atoms with Gasteiger partial charge in [-0.2, -0.15) is 0 Å². The topological polar surface area (TPSA) is 116 Å². The fourth-order valence-electron chi connectivity index (χ4n) is 0.950. The van der Waals surface area contributed by atoms with E-state index in [4.69, 9.17) is 11.1 Å². The first-order valence-electron chi connectivity index (χ1n) is 3.79. The summed E-state index contributed by atoms with van der Waals surface area (Å²) >= 11 is 1.04. The molecule has 1 heterocycles. The number of aromatic amines is 2. The predicted molar refractivity (Wildman–Crippen MR) is 55.6 cm³/mol. The number of thioether (sulfide) groups is 1. The molecular weight excluding hydrogens is 204 g/mol. The van der Waals surface area contributed by atoms with E-state index in [-0.39, 0.29) is 10.9 Å². The molecule has 7 heteroatoms. The van der Waals surface area contributed by atoms with Gasteiger partial charge in [0.15, 0.2) is 5.17 Å². The standard InChI is InChI=1S/C7H10N4O2S/c1-3-4(2-14-6(8)9)5(12)11-7(13)10-3/h2H2,1H3,(H3,8,9)(H2,10,11,12,13). The average Bonchev–Trinajstić information content (AvgIpc) is 2.01. The lowest BCUT2D eigenvalue weighted by Crippen LogP contribution is -2.26. The van der Waals surface area contributed by atoms with Gasteiger partial charge in [0.05, 0.1) is 0 Å². The number of rotatable bonds is 2. The van der Waals surface area contributed by atoms with Crippen LogP contribution in [0.1, 0.15) is 11.3 Å². The molecule has 14 heavy (non-hydrogen) atoms. The Labute approximate surface area is 83.4 Å². The van der Waals surface area contributed by atoms with Crippen molar-refractivity contribution in [1.29, 1.82) is 5.41 Å². The first-order valence-corrected chi connectivity index (χ1v) is 4.78. The molecule has 0 amide bonds. The van der Waals surface area contributed by atoms with Gasteiger partial charge in [-0.05, 0) is 6.92 Å². The number of nitrogens with one attached hydrogen (secondary N) is 3. The molecule has 0 saturated carbocycles. The minimum absolute atomic E-state index is 0.0602. The number of H-pyrrole nitrogens is 2. The fourth-order valence-corrected chi connectivity index (χ4v) is 1.60. The maximum atomic E-state index is 11.3. The van der Waals surface area contributed by atoms with Crippen LogP contribution in [0.4, 0.5) is 0 Å². The molecule has 0 aliphatic carbocycles. The van der Waals surface area contributed by atoms with Crippen molar-refractivity contribution in [2.24, 2.45) is 5.73 Å². The number of aromatic nitrogens is 2. The molecule has 0 saturated heterocycles. The van der Waals surface area contributed by atoms with Crippen LogP contribution in [-0.2, 0) is 5.75 Å². The minimum Gasteiger partial charge on any atom is -0.379 e. The molecule has 1 aromatic heterocycles. The third-order valence-electron chi connectivity index (χ3n) is 1.63. The molecular formula is C7H10N4O2S. The molecule has 0 unspecified atom stereocenters. The summed E-state index contributed by atoms with van der Waals surface area (Å²) in [6, 6.07) is 0. The van der Waals surface area contributed by atoms with E-state index in [1.807, 2.05) is 0 Å². The Kier molecular flexibility index (Phi) is 3.13. The van der Waals surface area contributed by atoms with Gasteiger partial charge in [0.25, 0.3) is 5.56 Å². The second-order valence-corrected chi connectivity index (χ2v) is 3.68.